The lowest BCUT2D eigenvalue weighted by Crippen LogP contribution is -2.51. The van der Waals surface area contributed by atoms with Gasteiger partial charge in [-0.1, -0.05) is 25.3 Å². The standard InChI is InChI=1S/C23H26N4O4S2/c1-15-8-13-19-20(14-15)32-21(25-19)16-9-11-17(12-10-16)24-22(28)26-23(29)27(33(2,30)31)18-6-4-3-5-7-18/h8-14,18H,3-7H2,1-2H3,(H2,24,26,28,29). The quantitative estimate of drug-likeness (QED) is 0.533. The third-order valence-electron chi connectivity index (χ3n) is 5.62. The molecule has 0 radical (unpaired) electrons. The van der Waals surface area contributed by atoms with Crippen LogP contribution in [0.4, 0.5) is 15.3 Å². The van der Waals surface area contributed by atoms with E-state index in [-0.39, 0.29) is 0 Å². The fourth-order valence-corrected chi connectivity index (χ4v) is 6.24. The van der Waals surface area contributed by atoms with Gasteiger partial charge in [-0.15, -0.1) is 11.3 Å². The zero-order valence-electron chi connectivity index (χ0n) is 18.5. The molecule has 0 saturated heterocycles. The maximum Gasteiger partial charge on any atom is 0.339 e. The summed E-state index contributed by atoms with van der Waals surface area (Å²) < 4.78 is 26.3. The molecule has 0 aliphatic heterocycles. The van der Waals surface area contributed by atoms with Crippen LogP contribution in [0, 0.1) is 6.92 Å². The number of hydrogen-bond acceptors (Lipinski definition) is 6. The Labute approximate surface area is 197 Å². The lowest BCUT2D eigenvalue weighted by Gasteiger charge is -2.32. The van der Waals surface area contributed by atoms with Gasteiger partial charge in [0.2, 0.25) is 10.0 Å². The molecule has 1 saturated carbocycles. The van der Waals surface area contributed by atoms with Crippen LogP contribution < -0.4 is 10.6 Å². The van der Waals surface area contributed by atoms with E-state index in [1.807, 2.05) is 31.2 Å². The summed E-state index contributed by atoms with van der Waals surface area (Å²) in [6.07, 6.45) is 4.93. The van der Waals surface area contributed by atoms with Gasteiger partial charge in [0.25, 0.3) is 0 Å². The van der Waals surface area contributed by atoms with Crippen molar-refractivity contribution in [2.24, 2.45) is 0 Å². The number of fused-ring (bicyclic) bond motifs is 1. The Morgan fingerprint density at radius 3 is 2.42 bits per heavy atom. The van der Waals surface area contributed by atoms with Gasteiger partial charge in [0.15, 0.2) is 0 Å². The van der Waals surface area contributed by atoms with Gasteiger partial charge in [0, 0.05) is 17.3 Å². The minimum absolute atomic E-state index is 0.418. The number of nitrogens with zero attached hydrogens (tertiary/aromatic N) is 2. The number of aromatic nitrogens is 1. The van der Waals surface area contributed by atoms with Crippen LogP contribution in [0.25, 0.3) is 20.8 Å². The zero-order valence-corrected chi connectivity index (χ0v) is 20.1. The van der Waals surface area contributed by atoms with E-state index in [2.05, 4.69) is 21.7 Å². The topological polar surface area (TPSA) is 108 Å². The molecular weight excluding hydrogens is 460 g/mol. The van der Waals surface area contributed by atoms with Crippen molar-refractivity contribution in [3.63, 3.8) is 0 Å². The van der Waals surface area contributed by atoms with Gasteiger partial charge < -0.3 is 5.32 Å². The zero-order chi connectivity index (χ0) is 23.6. The van der Waals surface area contributed by atoms with Crippen LogP contribution in [0.2, 0.25) is 0 Å². The number of urea groups is 2. The summed E-state index contributed by atoms with van der Waals surface area (Å²) >= 11 is 1.59. The first-order valence-corrected chi connectivity index (χ1v) is 13.5. The Morgan fingerprint density at radius 2 is 1.76 bits per heavy atom. The molecule has 0 atom stereocenters. The van der Waals surface area contributed by atoms with E-state index in [1.165, 1.54) is 5.56 Å². The molecule has 0 bridgehead atoms. The molecule has 2 N–H and O–H groups in total. The van der Waals surface area contributed by atoms with Gasteiger partial charge in [-0.25, -0.2) is 27.3 Å². The van der Waals surface area contributed by atoms with Gasteiger partial charge in [0.05, 0.1) is 16.5 Å². The number of sulfonamides is 1. The Kier molecular flexibility index (Phi) is 6.66. The van der Waals surface area contributed by atoms with Crippen molar-refractivity contribution < 1.29 is 18.0 Å². The first-order chi connectivity index (χ1) is 15.7. The predicted molar refractivity (Wildman–Crippen MR) is 131 cm³/mol. The molecule has 8 nitrogen and oxygen atoms in total. The number of nitrogens with one attached hydrogen (secondary N) is 2. The van der Waals surface area contributed by atoms with Crippen LogP contribution in [-0.4, -0.2) is 42.1 Å². The Morgan fingerprint density at radius 1 is 1.06 bits per heavy atom. The summed E-state index contributed by atoms with van der Waals surface area (Å²) in [6, 6.07) is 11.1. The Balaban J connectivity index is 1.42. The van der Waals surface area contributed by atoms with Crippen LogP contribution in [0.1, 0.15) is 37.7 Å². The number of hydrogen-bond donors (Lipinski definition) is 2. The highest BCUT2D eigenvalue weighted by molar-refractivity contribution is 7.88. The highest BCUT2D eigenvalue weighted by Crippen LogP contribution is 2.31. The number of carbonyl (C=O) groups excluding carboxylic acids is 2. The van der Waals surface area contributed by atoms with Gasteiger partial charge in [-0.2, -0.15) is 0 Å². The molecule has 33 heavy (non-hydrogen) atoms. The maximum absolute atomic E-state index is 12.6. The monoisotopic (exact) mass is 486 g/mol. The Hall–Kier alpha value is -2.98. The number of imide groups is 1. The minimum Gasteiger partial charge on any atom is -0.308 e. The van der Waals surface area contributed by atoms with E-state index < -0.39 is 28.1 Å². The van der Waals surface area contributed by atoms with Crippen molar-refractivity contribution in [2.75, 3.05) is 11.6 Å². The first kappa shape index (κ1) is 23.2. The molecule has 1 fully saturated rings. The third-order valence-corrected chi connectivity index (χ3v) is 7.86. The molecule has 4 amide bonds. The van der Waals surface area contributed by atoms with Crippen molar-refractivity contribution in [3.05, 3.63) is 48.0 Å². The number of amides is 4. The van der Waals surface area contributed by atoms with Gasteiger partial charge in [0.1, 0.15) is 5.01 Å². The van der Waals surface area contributed by atoms with E-state index >= 15 is 0 Å². The van der Waals surface area contributed by atoms with E-state index in [0.29, 0.717) is 18.5 Å². The summed E-state index contributed by atoms with van der Waals surface area (Å²) in [5.74, 6) is 0. The minimum atomic E-state index is -3.80. The number of benzene rings is 2. The number of thiazole rings is 1. The van der Waals surface area contributed by atoms with E-state index in [4.69, 9.17) is 0 Å². The number of anilines is 1. The molecule has 3 aromatic rings. The van der Waals surface area contributed by atoms with Crippen molar-refractivity contribution >= 4 is 49.3 Å². The molecule has 1 aliphatic carbocycles. The summed E-state index contributed by atoms with van der Waals surface area (Å²) in [7, 11) is -3.80. The van der Waals surface area contributed by atoms with Gasteiger partial charge >= 0.3 is 12.1 Å². The highest BCUT2D eigenvalue weighted by Gasteiger charge is 2.33. The average molecular weight is 487 g/mol. The van der Waals surface area contributed by atoms with Crippen molar-refractivity contribution in [1.29, 1.82) is 0 Å². The number of carbonyl (C=O) groups is 2. The third kappa shape index (κ3) is 5.51. The molecule has 0 unspecified atom stereocenters. The second kappa shape index (κ2) is 9.48. The predicted octanol–water partition coefficient (Wildman–Crippen LogP) is 5.11. The largest absolute Gasteiger partial charge is 0.339 e. The summed E-state index contributed by atoms with van der Waals surface area (Å²) in [6.45, 7) is 2.04. The summed E-state index contributed by atoms with van der Waals surface area (Å²) in [5, 5.41) is 5.61. The molecule has 10 heteroatoms. The molecule has 0 spiro atoms. The van der Waals surface area contributed by atoms with Crippen LogP contribution in [0.3, 0.4) is 0 Å². The highest BCUT2D eigenvalue weighted by atomic mass is 32.2. The second-order valence-corrected chi connectivity index (χ2v) is 11.2. The molecule has 4 rings (SSSR count). The summed E-state index contributed by atoms with van der Waals surface area (Å²) in [4.78, 5) is 29.6. The van der Waals surface area contributed by atoms with E-state index in [9.17, 15) is 18.0 Å². The van der Waals surface area contributed by atoms with Gasteiger partial charge in [-0.05, 0) is 61.7 Å². The van der Waals surface area contributed by atoms with Gasteiger partial charge in [-0.3, -0.25) is 5.32 Å². The first-order valence-electron chi connectivity index (χ1n) is 10.8. The van der Waals surface area contributed by atoms with Crippen molar-refractivity contribution in [3.8, 4) is 10.6 Å². The molecule has 174 valence electrons. The average Bonchev–Trinajstić information content (AvgIpc) is 3.17. The lowest BCUT2D eigenvalue weighted by molar-refractivity contribution is 0.199. The lowest BCUT2D eigenvalue weighted by atomic mass is 9.96. The van der Waals surface area contributed by atoms with Crippen molar-refractivity contribution in [2.45, 2.75) is 45.1 Å². The fourth-order valence-electron chi connectivity index (χ4n) is 4.07. The maximum atomic E-state index is 12.6. The smallest absolute Gasteiger partial charge is 0.308 e. The van der Waals surface area contributed by atoms with E-state index in [1.54, 1.807) is 23.5 Å². The summed E-state index contributed by atoms with van der Waals surface area (Å²) in [5.41, 5.74) is 3.51. The second-order valence-electron chi connectivity index (χ2n) is 8.30. The van der Waals surface area contributed by atoms with Crippen LogP contribution in [0.5, 0.6) is 0 Å². The van der Waals surface area contributed by atoms with Crippen LogP contribution in [0.15, 0.2) is 42.5 Å². The molecule has 1 aromatic heterocycles. The van der Waals surface area contributed by atoms with Crippen LogP contribution >= 0.6 is 11.3 Å². The molecule has 1 heterocycles. The number of aryl methyl sites for hydroxylation is 1. The van der Waals surface area contributed by atoms with E-state index in [0.717, 1.165) is 50.6 Å². The molecule has 2 aromatic carbocycles. The Bertz CT molecular complexity index is 1280. The van der Waals surface area contributed by atoms with Crippen LogP contribution in [-0.2, 0) is 10.0 Å². The molecule has 1 aliphatic rings. The fraction of sp³-hybridized carbons (Fsp3) is 0.348. The van der Waals surface area contributed by atoms with Crippen molar-refractivity contribution in [1.82, 2.24) is 14.6 Å². The molecular formula is C23H26N4O4S2. The number of rotatable bonds is 4. The SMILES string of the molecule is Cc1ccc2nc(-c3ccc(NC(=O)NC(=O)N(C4CCCCC4)S(C)(=O)=O)cc3)sc2c1. The normalized spacial score (nSPS) is 14.7.